The summed E-state index contributed by atoms with van der Waals surface area (Å²) in [6.45, 7) is 3.65. The van der Waals surface area contributed by atoms with Crippen LogP contribution in [0.5, 0.6) is 0 Å². The van der Waals surface area contributed by atoms with Gasteiger partial charge in [-0.25, -0.2) is 8.42 Å². The molecule has 1 saturated heterocycles. The molecule has 14 heavy (non-hydrogen) atoms. The summed E-state index contributed by atoms with van der Waals surface area (Å²) in [6, 6.07) is -0.000346. The summed E-state index contributed by atoms with van der Waals surface area (Å²) in [7, 11) is -3.18. The Morgan fingerprint density at radius 2 is 2.00 bits per heavy atom. The van der Waals surface area contributed by atoms with Crippen molar-refractivity contribution < 1.29 is 13.2 Å². The molecule has 0 radical (unpaired) electrons. The predicted octanol–water partition coefficient (Wildman–Crippen LogP) is 0.478. The molecule has 0 aromatic rings. The zero-order chi connectivity index (χ0) is 10.8. The zero-order valence-electron chi connectivity index (χ0n) is 8.62. The van der Waals surface area contributed by atoms with Gasteiger partial charge in [-0.1, -0.05) is 6.42 Å². The average molecular weight is 219 g/mol. The molecular weight excluding hydrogens is 202 g/mol. The van der Waals surface area contributed by atoms with Crippen molar-refractivity contribution >= 4 is 15.7 Å². The van der Waals surface area contributed by atoms with Gasteiger partial charge in [-0.2, -0.15) is 0 Å². The van der Waals surface area contributed by atoms with Crippen molar-refractivity contribution in [2.75, 3.05) is 5.75 Å². The van der Waals surface area contributed by atoms with Gasteiger partial charge in [0.25, 0.3) is 0 Å². The van der Waals surface area contributed by atoms with E-state index < -0.39 is 15.1 Å². The summed E-state index contributed by atoms with van der Waals surface area (Å²) in [4.78, 5) is 11.5. The lowest BCUT2D eigenvalue weighted by Gasteiger charge is -2.22. The highest BCUT2D eigenvalue weighted by molar-refractivity contribution is 7.92. The number of rotatable bonds is 2. The van der Waals surface area contributed by atoms with Crippen LogP contribution in [0, 0.1) is 0 Å². The first-order valence-electron chi connectivity index (χ1n) is 4.95. The number of amides is 1. The highest BCUT2D eigenvalue weighted by Crippen LogP contribution is 2.19. The van der Waals surface area contributed by atoms with E-state index in [0.29, 0.717) is 12.8 Å². The second-order valence-electron chi connectivity index (χ2n) is 4.01. The Bertz CT molecular complexity index is 308. The van der Waals surface area contributed by atoms with Gasteiger partial charge in [0.15, 0.2) is 9.84 Å². The van der Waals surface area contributed by atoms with Gasteiger partial charge in [0.05, 0.1) is 5.75 Å². The van der Waals surface area contributed by atoms with Crippen LogP contribution in [0.15, 0.2) is 0 Å². The van der Waals surface area contributed by atoms with Crippen LogP contribution in [0.3, 0.4) is 0 Å². The molecule has 0 spiro atoms. The van der Waals surface area contributed by atoms with E-state index in [1.54, 1.807) is 0 Å². The monoisotopic (exact) mass is 219 g/mol. The smallest absolute Gasteiger partial charge is 0.238 e. The molecule has 1 heterocycles. The van der Waals surface area contributed by atoms with Gasteiger partial charge in [0, 0.05) is 6.04 Å². The Balaban J connectivity index is 2.70. The summed E-state index contributed by atoms with van der Waals surface area (Å²) in [5, 5.41) is 1.84. The summed E-state index contributed by atoms with van der Waals surface area (Å²) >= 11 is 0. The van der Waals surface area contributed by atoms with Crippen molar-refractivity contribution in [2.45, 2.75) is 44.4 Å². The lowest BCUT2D eigenvalue weighted by Crippen LogP contribution is -2.45. The highest BCUT2D eigenvalue weighted by Gasteiger charge is 2.34. The molecule has 5 heteroatoms. The Morgan fingerprint density at radius 1 is 1.36 bits per heavy atom. The molecule has 1 aliphatic heterocycles. The first-order chi connectivity index (χ1) is 6.43. The van der Waals surface area contributed by atoms with Crippen LogP contribution in [-0.4, -0.2) is 31.4 Å². The Morgan fingerprint density at radius 3 is 2.50 bits per heavy atom. The van der Waals surface area contributed by atoms with Gasteiger partial charge in [-0.15, -0.1) is 0 Å². The van der Waals surface area contributed by atoms with Gasteiger partial charge < -0.3 is 5.32 Å². The molecule has 1 N–H and O–H groups in total. The molecule has 1 aliphatic rings. The first kappa shape index (κ1) is 11.5. The second kappa shape index (κ2) is 4.29. The maximum absolute atomic E-state index is 11.5. The van der Waals surface area contributed by atoms with Gasteiger partial charge in [0.1, 0.15) is 5.25 Å². The summed E-state index contributed by atoms with van der Waals surface area (Å²) in [5.41, 5.74) is 0. The molecule has 4 nitrogen and oxygen atoms in total. The summed E-state index contributed by atoms with van der Waals surface area (Å²) < 4.78 is 23.1. The van der Waals surface area contributed by atoms with E-state index in [1.165, 1.54) is 0 Å². The molecule has 1 atom stereocenters. The van der Waals surface area contributed by atoms with Crippen molar-refractivity contribution in [1.29, 1.82) is 0 Å². The van der Waals surface area contributed by atoms with Crippen LogP contribution in [0.1, 0.15) is 33.1 Å². The number of hydrogen-bond donors (Lipinski definition) is 1. The molecular formula is C9H17NO3S. The maximum Gasteiger partial charge on any atom is 0.238 e. The second-order valence-corrected chi connectivity index (χ2v) is 6.32. The minimum atomic E-state index is -3.18. The van der Waals surface area contributed by atoms with E-state index in [2.05, 4.69) is 5.32 Å². The lowest BCUT2D eigenvalue weighted by molar-refractivity contribution is -0.121. The number of hydrogen-bond acceptors (Lipinski definition) is 3. The van der Waals surface area contributed by atoms with Crippen molar-refractivity contribution in [2.24, 2.45) is 0 Å². The SMILES string of the molecule is CC(C)NC(=O)C1CCCCS1(=O)=O. The van der Waals surface area contributed by atoms with Crippen LogP contribution < -0.4 is 5.32 Å². The van der Waals surface area contributed by atoms with Crippen LogP contribution in [-0.2, 0) is 14.6 Å². The molecule has 0 aromatic heterocycles. The van der Waals surface area contributed by atoms with E-state index in [4.69, 9.17) is 0 Å². The van der Waals surface area contributed by atoms with E-state index in [9.17, 15) is 13.2 Å². The molecule has 0 aromatic carbocycles. The van der Waals surface area contributed by atoms with Crippen molar-refractivity contribution in [3.63, 3.8) is 0 Å². The molecule has 0 aliphatic carbocycles. The predicted molar refractivity (Wildman–Crippen MR) is 54.7 cm³/mol. The first-order valence-corrected chi connectivity index (χ1v) is 6.67. The number of sulfone groups is 1. The van der Waals surface area contributed by atoms with Gasteiger partial charge in [-0.05, 0) is 26.7 Å². The average Bonchev–Trinajstić information content (AvgIpc) is 2.01. The number of carbonyl (C=O) groups excluding carboxylic acids is 1. The fourth-order valence-corrected chi connectivity index (χ4v) is 3.44. The van der Waals surface area contributed by atoms with Crippen molar-refractivity contribution in [3.8, 4) is 0 Å². The topological polar surface area (TPSA) is 63.2 Å². The third-order valence-electron chi connectivity index (χ3n) is 2.30. The fraction of sp³-hybridized carbons (Fsp3) is 0.889. The van der Waals surface area contributed by atoms with Crippen LogP contribution in [0.4, 0.5) is 0 Å². The van der Waals surface area contributed by atoms with E-state index in [1.807, 2.05) is 13.8 Å². The Kier molecular flexibility index (Phi) is 3.53. The minimum absolute atomic E-state index is 0.000346. The Labute approximate surface area is 85.0 Å². The standard InChI is InChI=1S/C9H17NO3S/c1-7(2)10-9(11)8-5-3-4-6-14(8,12)13/h7-8H,3-6H2,1-2H3,(H,10,11). The van der Waals surface area contributed by atoms with Gasteiger partial charge >= 0.3 is 0 Å². The van der Waals surface area contributed by atoms with Gasteiger partial charge in [-0.3, -0.25) is 4.79 Å². The molecule has 0 saturated carbocycles. The summed E-state index contributed by atoms with van der Waals surface area (Å²) in [6.07, 6.45) is 1.99. The van der Waals surface area contributed by atoms with Crippen molar-refractivity contribution in [1.82, 2.24) is 5.32 Å². The van der Waals surface area contributed by atoms with Crippen LogP contribution in [0.2, 0.25) is 0 Å². The maximum atomic E-state index is 11.5. The third kappa shape index (κ3) is 2.70. The number of nitrogens with one attached hydrogen (secondary N) is 1. The number of carbonyl (C=O) groups is 1. The van der Waals surface area contributed by atoms with E-state index >= 15 is 0 Å². The molecule has 0 bridgehead atoms. The minimum Gasteiger partial charge on any atom is -0.353 e. The molecule has 1 fully saturated rings. The third-order valence-corrected chi connectivity index (χ3v) is 4.48. The Hall–Kier alpha value is -0.580. The summed E-state index contributed by atoms with van der Waals surface area (Å²) in [5.74, 6) is -0.178. The molecule has 1 amide bonds. The van der Waals surface area contributed by atoms with E-state index in [-0.39, 0.29) is 17.7 Å². The van der Waals surface area contributed by atoms with Crippen LogP contribution >= 0.6 is 0 Å². The van der Waals surface area contributed by atoms with E-state index in [0.717, 1.165) is 6.42 Å². The molecule has 1 unspecified atom stereocenters. The highest BCUT2D eigenvalue weighted by atomic mass is 32.2. The largest absolute Gasteiger partial charge is 0.353 e. The normalized spacial score (nSPS) is 26.1. The fourth-order valence-electron chi connectivity index (χ4n) is 1.63. The lowest BCUT2D eigenvalue weighted by atomic mass is 10.2. The zero-order valence-corrected chi connectivity index (χ0v) is 9.43. The van der Waals surface area contributed by atoms with Gasteiger partial charge in [0.2, 0.25) is 5.91 Å². The molecule has 1 rings (SSSR count). The quantitative estimate of drug-likeness (QED) is 0.734. The van der Waals surface area contributed by atoms with Crippen LogP contribution in [0.25, 0.3) is 0 Å². The van der Waals surface area contributed by atoms with Crippen molar-refractivity contribution in [3.05, 3.63) is 0 Å². The molecule has 82 valence electrons.